The van der Waals surface area contributed by atoms with Crippen LogP contribution in [0.1, 0.15) is 31.8 Å². The van der Waals surface area contributed by atoms with Crippen molar-refractivity contribution >= 4 is 5.82 Å². The summed E-state index contributed by atoms with van der Waals surface area (Å²) in [4.78, 5) is 13.1. The van der Waals surface area contributed by atoms with Crippen molar-refractivity contribution in [1.82, 2.24) is 15.0 Å². The highest BCUT2D eigenvalue weighted by molar-refractivity contribution is 5.39. The maximum atomic E-state index is 5.48. The number of aryl methyl sites for hydroxylation is 1. The van der Waals surface area contributed by atoms with Crippen LogP contribution in [0.2, 0.25) is 0 Å². The lowest BCUT2D eigenvalue weighted by atomic mass is 10.3. The second kappa shape index (κ2) is 7.43. The quantitative estimate of drug-likeness (QED) is 0.839. The third kappa shape index (κ3) is 4.19. The van der Waals surface area contributed by atoms with Gasteiger partial charge in [0.2, 0.25) is 5.88 Å². The number of hydrogen-bond donors (Lipinski definition) is 1. The molecule has 0 aliphatic heterocycles. The van der Waals surface area contributed by atoms with E-state index >= 15 is 0 Å². The zero-order valence-corrected chi connectivity index (χ0v) is 12.0. The van der Waals surface area contributed by atoms with Gasteiger partial charge in [0.15, 0.2) is 0 Å². The molecule has 0 aromatic carbocycles. The number of ether oxygens (including phenoxy) is 1. The van der Waals surface area contributed by atoms with Crippen molar-refractivity contribution in [3.63, 3.8) is 0 Å². The van der Waals surface area contributed by atoms with Gasteiger partial charge >= 0.3 is 0 Å². The molecular formula is C15H20N4O. The number of nitrogens with zero attached hydrogens (tertiary/aromatic N) is 3. The van der Waals surface area contributed by atoms with E-state index in [0.717, 1.165) is 30.2 Å². The number of anilines is 1. The first-order valence-electron chi connectivity index (χ1n) is 6.96. The molecule has 2 rings (SSSR count). The summed E-state index contributed by atoms with van der Waals surface area (Å²) in [5.74, 6) is 2.20. The van der Waals surface area contributed by atoms with Gasteiger partial charge in [0, 0.05) is 18.7 Å². The molecule has 0 fully saturated rings. The van der Waals surface area contributed by atoms with Gasteiger partial charge in [-0.25, -0.2) is 4.98 Å². The molecule has 2 heterocycles. The van der Waals surface area contributed by atoms with E-state index in [-0.39, 0.29) is 0 Å². The van der Waals surface area contributed by atoms with Crippen LogP contribution in [0.25, 0.3) is 0 Å². The summed E-state index contributed by atoms with van der Waals surface area (Å²) in [6.07, 6.45) is 3.64. The molecule has 0 aliphatic rings. The number of rotatable bonds is 7. The molecule has 0 radical (unpaired) electrons. The number of aromatic nitrogens is 3. The van der Waals surface area contributed by atoms with Gasteiger partial charge in [0.1, 0.15) is 11.6 Å². The van der Waals surface area contributed by atoms with Crippen LogP contribution in [-0.2, 0) is 13.0 Å². The van der Waals surface area contributed by atoms with Gasteiger partial charge in [-0.3, -0.25) is 4.98 Å². The molecular weight excluding hydrogens is 252 g/mol. The van der Waals surface area contributed by atoms with Crippen molar-refractivity contribution in [2.24, 2.45) is 0 Å². The molecule has 5 nitrogen and oxygen atoms in total. The monoisotopic (exact) mass is 272 g/mol. The molecule has 0 aliphatic carbocycles. The van der Waals surface area contributed by atoms with Crippen molar-refractivity contribution in [2.75, 3.05) is 11.9 Å². The summed E-state index contributed by atoms with van der Waals surface area (Å²) in [5, 5.41) is 3.26. The van der Waals surface area contributed by atoms with E-state index < -0.39 is 0 Å². The summed E-state index contributed by atoms with van der Waals surface area (Å²) in [6.45, 7) is 5.29. The van der Waals surface area contributed by atoms with E-state index in [1.807, 2.05) is 31.2 Å². The van der Waals surface area contributed by atoms with Crippen LogP contribution < -0.4 is 10.1 Å². The molecule has 1 N–H and O–H groups in total. The minimum atomic E-state index is 0.599. The van der Waals surface area contributed by atoms with Crippen LogP contribution in [0, 0.1) is 0 Å². The third-order valence-corrected chi connectivity index (χ3v) is 2.69. The molecule has 0 unspecified atom stereocenters. The molecule has 0 saturated heterocycles. The predicted octanol–water partition coefficient (Wildman–Crippen LogP) is 2.83. The zero-order chi connectivity index (χ0) is 14.2. The molecule has 0 spiro atoms. The van der Waals surface area contributed by atoms with Gasteiger partial charge in [-0.15, -0.1) is 0 Å². The first kappa shape index (κ1) is 14.2. The van der Waals surface area contributed by atoms with Crippen LogP contribution >= 0.6 is 0 Å². The average molecular weight is 272 g/mol. The number of nitrogens with one attached hydrogen (secondary N) is 1. The molecule has 20 heavy (non-hydrogen) atoms. The molecule has 106 valence electrons. The molecule has 2 aromatic rings. The summed E-state index contributed by atoms with van der Waals surface area (Å²) in [5.41, 5.74) is 0.973. The van der Waals surface area contributed by atoms with Gasteiger partial charge in [0.05, 0.1) is 18.8 Å². The minimum absolute atomic E-state index is 0.599. The Hall–Kier alpha value is -2.17. The van der Waals surface area contributed by atoms with Crippen LogP contribution in [0.5, 0.6) is 5.88 Å². The lowest BCUT2D eigenvalue weighted by molar-refractivity contribution is 0.325. The topological polar surface area (TPSA) is 59.9 Å². The van der Waals surface area contributed by atoms with Crippen molar-refractivity contribution in [2.45, 2.75) is 33.2 Å². The fraction of sp³-hybridized carbons (Fsp3) is 0.400. The second-order valence-corrected chi connectivity index (χ2v) is 4.37. The third-order valence-electron chi connectivity index (χ3n) is 2.69. The Labute approximate surface area is 119 Å². The van der Waals surface area contributed by atoms with Gasteiger partial charge in [0.25, 0.3) is 0 Å². The van der Waals surface area contributed by atoms with Crippen molar-refractivity contribution in [1.29, 1.82) is 0 Å². The Balaban J connectivity index is 2.09. The largest absolute Gasteiger partial charge is 0.478 e. The summed E-state index contributed by atoms with van der Waals surface area (Å²) < 4.78 is 5.48. The molecule has 2 aromatic heterocycles. The van der Waals surface area contributed by atoms with Gasteiger partial charge in [-0.2, -0.15) is 4.98 Å². The summed E-state index contributed by atoms with van der Waals surface area (Å²) in [6, 6.07) is 7.68. The van der Waals surface area contributed by atoms with E-state index in [1.54, 1.807) is 6.20 Å². The van der Waals surface area contributed by atoms with Crippen LogP contribution in [-0.4, -0.2) is 21.6 Å². The summed E-state index contributed by atoms with van der Waals surface area (Å²) in [7, 11) is 0. The maximum Gasteiger partial charge on any atom is 0.218 e. The van der Waals surface area contributed by atoms with Crippen molar-refractivity contribution < 1.29 is 4.74 Å². The fourth-order valence-electron chi connectivity index (χ4n) is 1.80. The van der Waals surface area contributed by atoms with Gasteiger partial charge in [-0.1, -0.05) is 13.0 Å². The van der Waals surface area contributed by atoms with Crippen molar-refractivity contribution in [3.8, 4) is 5.88 Å². The smallest absolute Gasteiger partial charge is 0.218 e. The Morgan fingerprint density at radius 1 is 1.20 bits per heavy atom. The van der Waals surface area contributed by atoms with E-state index in [2.05, 4.69) is 27.2 Å². The normalized spacial score (nSPS) is 10.3. The maximum absolute atomic E-state index is 5.48. The van der Waals surface area contributed by atoms with E-state index in [9.17, 15) is 0 Å². The minimum Gasteiger partial charge on any atom is -0.478 e. The Kier molecular flexibility index (Phi) is 5.29. The Morgan fingerprint density at radius 3 is 2.80 bits per heavy atom. The van der Waals surface area contributed by atoms with Crippen molar-refractivity contribution in [3.05, 3.63) is 42.0 Å². The van der Waals surface area contributed by atoms with E-state index in [1.165, 1.54) is 0 Å². The van der Waals surface area contributed by atoms with E-state index in [0.29, 0.717) is 19.0 Å². The molecule has 0 amide bonds. The van der Waals surface area contributed by atoms with Gasteiger partial charge < -0.3 is 10.1 Å². The average Bonchev–Trinajstić information content (AvgIpc) is 2.47. The highest BCUT2D eigenvalue weighted by Crippen LogP contribution is 2.15. The first-order valence-corrected chi connectivity index (χ1v) is 6.96. The molecule has 0 bridgehead atoms. The highest BCUT2D eigenvalue weighted by Gasteiger charge is 2.05. The molecule has 5 heteroatoms. The van der Waals surface area contributed by atoms with Crippen LogP contribution in [0.15, 0.2) is 30.5 Å². The number of hydrogen-bond acceptors (Lipinski definition) is 5. The Bertz CT molecular complexity index is 506. The van der Waals surface area contributed by atoms with Crippen LogP contribution in [0.3, 0.4) is 0 Å². The first-order chi connectivity index (χ1) is 9.81. The lowest BCUT2D eigenvalue weighted by Gasteiger charge is -2.09. The summed E-state index contributed by atoms with van der Waals surface area (Å²) >= 11 is 0. The Morgan fingerprint density at radius 2 is 2.10 bits per heavy atom. The predicted molar refractivity (Wildman–Crippen MR) is 78.8 cm³/mol. The molecule has 0 atom stereocenters. The fourth-order valence-corrected chi connectivity index (χ4v) is 1.80. The van der Waals surface area contributed by atoms with Gasteiger partial charge in [-0.05, 0) is 25.5 Å². The number of pyridine rings is 1. The lowest BCUT2D eigenvalue weighted by Crippen LogP contribution is -2.07. The zero-order valence-electron chi connectivity index (χ0n) is 12.0. The van der Waals surface area contributed by atoms with Crippen LogP contribution in [0.4, 0.5) is 5.82 Å². The molecule has 0 saturated carbocycles. The highest BCUT2D eigenvalue weighted by atomic mass is 16.5. The standard InChI is InChI=1S/C15H20N4O/c1-3-7-13-18-14(10-15(19-13)20-4-2)17-11-12-8-5-6-9-16-12/h5-6,8-10H,3-4,7,11H2,1-2H3,(H,17,18,19). The SMILES string of the molecule is CCCc1nc(NCc2ccccn2)cc(OCC)n1. The second-order valence-electron chi connectivity index (χ2n) is 4.37. The van der Waals surface area contributed by atoms with E-state index in [4.69, 9.17) is 4.74 Å².